The Labute approximate surface area is 160 Å². The highest BCUT2D eigenvalue weighted by molar-refractivity contribution is 6.26. The average molecular weight is 372 g/mol. The standard InChI is InChI=1S/C21H28N2O4/c1-14(22-11-12-26-15-9-7-6-8-10-15)16-17(24)21(5)13-27-19(20(2,3)4)23(21)18(16)25/h6-10,16,19H,11-13H2,1-5H3/t16?,19-,21-/m0/s1. The van der Waals surface area contributed by atoms with Gasteiger partial charge in [-0.1, -0.05) is 39.0 Å². The van der Waals surface area contributed by atoms with Crippen molar-refractivity contribution in [3.63, 3.8) is 0 Å². The fraction of sp³-hybridized carbons (Fsp3) is 0.571. The minimum atomic E-state index is -0.906. The van der Waals surface area contributed by atoms with Gasteiger partial charge in [0.1, 0.15) is 30.0 Å². The smallest absolute Gasteiger partial charge is 0.241 e. The fourth-order valence-electron chi connectivity index (χ4n) is 3.75. The van der Waals surface area contributed by atoms with E-state index < -0.39 is 17.7 Å². The lowest BCUT2D eigenvalue weighted by molar-refractivity contribution is -0.142. The molecule has 0 aliphatic carbocycles. The van der Waals surface area contributed by atoms with Crippen LogP contribution >= 0.6 is 0 Å². The lowest BCUT2D eigenvalue weighted by atomic mass is 9.90. The number of amides is 1. The molecule has 2 saturated heterocycles. The van der Waals surface area contributed by atoms with Crippen molar-refractivity contribution in [2.24, 2.45) is 16.3 Å². The molecule has 3 rings (SSSR count). The molecular formula is C21H28N2O4. The Morgan fingerprint density at radius 1 is 1.30 bits per heavy atom. The third kappa shape index (κ3) is 3.50. The Balaban J connectivity index is 1.69. The van der Waals surface area contributed by atoms with Crippen LogP contribution in [0.4, 0.5) is 0 Å². The topological polar surface area (TPSA) is 68.2 Å². The molecule has 0 bridgehead atoms. The molecule has 0 N–H and O–H groups in total. The van der Waals surface area contributed by atoms with Gasteiger partial charge in [0, 0.05) is 11.1 Å². The summed E-state index contributed by atoms with van der Waals surface area (Å²) in [7, 11) is 0. The third-order valence-corrected chi connectivity index (χ3v) is 5.19. The van der Waals surface area contributed by atoms with Gasteiger partial charge in [0.25, 0.3) is 0 Å². The van der Waals surface area contributed by atoms with E-state index in [0.717, 1.165) is 5.75 Å². The monoisotopic (exact) mass is 372 g/mol. The van der Waals surface area contributed by atoms with Crippen LogP contribution < -0.4 is 4.74 Å². The van der Waals surface area contributed by atoms with Crippen molar-refractivity contribution in [2.45, 2.75) is 46.4 Å². The molecule has 0 aromatic heterocycles. The number of carbonyl (C=O) groups excluding carboxylic acids is 2. The number of benzene rings is 1. The number of carbonyl (C=O) groups is 2. The van der Waals surface area contributed by atoms with Crippen molar-refractivity contribution in [2.75, 3.05) is 19.8 Å². The maximum atomic E-state index is 13.1. The maximum Gasteiger partial charge on any atom is 0.241 e. The van der Waals surface area contributed by atoms with Gasteiger partial charge in [0.2, 0.25) is 5.91 Å². The van der Waals surface area contributed by atoms with Crippen molar-refractivity contribution >= 4 is 17.4 Å². The molecule has 27 heavy (non-hydrogen) atoms. The number of rotatable bonds is 5. The van der Waals surface area contributed by atoms with Gasteiger partial charge in [-0.2, -0.15) is 0 Å². The van der Waals surface area contributed by atoms with Crippen LogP contribution in [-0.4, -0.2) is 53.8 Å². The Hall–Kier alpha value is -2.21. The number of hydrogen-bond donors (Lipinski definition) is 0. The minimum Gasteiger partial charge on any atom is -0.492 e. The summed E-state index contributed by atoms with van der Waals surface area (Å²) in [6.07, 6.45) is -0.404. The van der Waals surface area contributed by atoms with E-state index in [1.165, 1.54) is 0 Å². The van der Waals surface area contributed by atoms with Gasteiger partial charge in [-0.15, -0.1) is 0 Å². The van der Waals surface area contributed by atoms with Gasteiger partial charge >= 0.3 is 0 Å². The molecule has 1 unspecified atom stereocenters. The number of aliphatic imine (C=N–C) groups is 1. The molecule has 2 aliphatic heterocycles. The number of Topliss-reactive ketones (excluding diaryl/α,β-unsaturated/α-hetero) is 1. The second-order valence-electron chi connectivity index (χ2n) is 8.49. The van der Waals surface area contributed by atoms with Crippen LogP contribution in [0.5, 0.6) is 5.75 Å². The molecule has 2 heterocycles. The van der Waals surface area contributed by atoms with Crippen LogP contribution in [0.1, 0.15) is 34.6 Å². The summed E-state index contributed by atoms with van der Waals surface area (Å²) in [4.78, 5) is 32.2. The van der Waals surface area contributed by atoms with E-state index >= 15 is 0 Å². The lowest BCUT2D eigenvalue weighted by Crippen LogP contribution is -2.50. The van der Waals surface area contributed by atoms with E-state index in [0.29, 0.717) is 18.9 Å². The molecule has 146 valence electrons. The lowest BCUT2D eigenvalue weighted by Gasteiger charge is -2.35. The van der Waals surface area contributed by atoms with E-state index in [2.05, 4.69) is 4.99 Å². The zero-order chi connectivity index (χ0) is 19.8. The maximum absolute atomic E-state index is 13.1. The normalized spacial score (nSPS) is 28.6. The molecule has 3 atom stereocenters. The first kappa shape index (κ1) is 19.5. The SMILES string of the molecule is CC(=NCCOc1ccccc1)C1C(=O)N2[C@H](C(C)(C)C)OC[C@@]2(C)C1=O. The third-order valence-electron chi connectivity index (χ3n) is 5.19. The number of fused-ring (bicyclic) bond motifs is 1. The molecule has 0 radical (unpaired) electrons. The predicted molar refractivity (Wildman–Crippen MR) is 103 cm³/mol. The Morgan fingerprint density at radius 2 is 1.96 bits per heavy atom. The van der Waals surface area contributed by atoms with Crippen molar-refractivity contribution < 1.29 is 19.1 Å². The van der Waals surface area contributed by atoms with E-state index in [4.69, 9.17) is 9.47 Å². The number of hydrogen-bond acceptors (Lipinski definition) is 5. The first-order valence-electron chi connectivity index (χ1n) is 9.34. The molecule has 2 fully saturated rings. The molecule has 1 aromatic carbocycles. The largest absolute Gasteiger partial charge is 0.492 e. The second kappa shape index (κ2) is 7.08. The van der Waals surface area contributed by atoms with Crippen LogP contribution in [0.15, 0.2) is 35.3 Å². The summed E-state index contributed by atoms with van der Waals surface area (Å²) in [5.41, 5.74) is -0.626. The predicted octanol–water partition coefficient (Wildman–Crippen LogP) is 2.71. The second-order valence-corrected chi connectivity index (χ2v) is 8.49. The number of para-hydroxylation sites is 1. The van der Waals surface area contributed by atoms with Crippen molar-refractivity contribution in [3.05, 3.63) is 30.3 Å². The van der Waals surface area contributed by atoms with Gasteiger partial charge < -0.3 is 14.4 Å². The molecule has 2 aliphatic rings. The van der Waals surface area contributed by atoms with Crippen molar-refractivity contribution in [3.8, 4) is 5.75 Å². The molecule has 6 nitrogen and oxygen atoms in total. The number of ether oxygens (including phenoxy) is 2. The van der Waals surface area contributed by atoms with Gasteiger partial charge in [0.15, 0.2) is 5.78 Å². The molecule has 1 amide bonds. The Morgan fingerprint density at radius 3 is 2.59 bits per heavy atom. The van der Waals surface area contributed by atoms with E-state index in [9.17, 15) is 9.59 Å². The van der Waals surface area contributed by atoms with E-state index in [-0.39, 0.29) is 23.7 Å². The molecular weight excluding hydrogens is 344 g/mol. The first-order chi connectivity index (χ1) is 12.7. The number of nitrogens with zero attached hydrogens (tertiary/aromatic N) is 2. The average Bonchev–Trinajstić information content (AvgIpc) is 3.06. The summed E-state index contributed by atoms with van der Waals surface area (Å²) < 4.78 is 11.4. The highest BCUT2D eigenvalue weighted by Gasteiger charge is 2.64. The highest BCUT2D eigenvalue weighted by atomic mass is 16.5. The van der Waals surface area contributed by atoms with Gasteiger partial charge in [-0.05, 0) is 26.0 Å². The van der Waals surface area contributed by atoms with Gasteiger partial charge in [-0.25, -0.2) is 0 Å². The highest BCUT2D eigenvalue weighted by Crippen LogP contribution is 2.44. The van der Waals surface area contributed by atoms with Crippen LogP contribution in [0.25, 0.3) is 0 Å². The van der Waals surface area contributed by atoms with Crippen LogP contribution in [0.2, 0.25) is 0 Å². The zero-order valence-corrected chi connectivity index (χ0v) is 16.7. The summed E-state index contributed by atoms with van der Waals surface area (Å²) in [6, 6.07) is 9.49. The molecule has 6 heteroatoms. The summed E-state index contributed by atoms with van der Waals surface area (Å²) in [5.74, 6) is -0.369. The molecule has 0 spiro atoms. The quantitative estimate of drug-likeness (QED) is 0.453. The van der Waals surface area contributed by atoms with Crippen molar-refractivity contribution in [1.82, 2.24) is 4.90 Å². The zero-order valence-electron chi connectivity index (χ0n) is 16.7. The van der Waals surface area contributed by atoms with Crippen LogP contribution in [-0.2, 0) is 14.3 Å². The Bertz CT molecular complexity index is 753. The van der Waals surface area contributed by atoms with E-state index in [1.54, 1.807) is 18.7 Å². The number of ketones is 1. The van der Waals surface area contributed by atoms with Gasteiger partial charge in [0.05, 0.1) is 13.2 Å². The molecule has 1 aromatic rings. The van der Waals surface area contributed by atoms with Gasteiger partial charge in [-0.3, -0.25) is 14.6 Å². The van der Waals surface area contributed by atoms with Crippen LogP contribution in [0.3, 0.4) is 0 Å². The Kier molecular flexibility index (Phi) is 5.12. The summed E-state index contributed by atoms with van der Waals surface area (Å²) in [5, 5.41) is 0. The van der Waals surface area contributed by atoms with Crippen molar-refractivity contribution in [1.29, 1.82) is 0 Å². The molecule has 0 saturated carbocycles. The summed E-state index contributed by atoms with van der Waals surface area (Å²) >= 11 is 0. The van der Waals surface area contributed by atoms with E-state index in [1.807, 2.05) is 51.1 Å². The fourth-order valence-corrected chi connectivity index (χ4v) is 3.75. The van der Waals surface area contributed by atoms with Crippen LogP contribution in [0, 0.1) is 11.3 Å². The first-order valence-corrected chi connectivity index (χ1v) is 9.34. The minimum absolute atomic E-state index is 0.121. The summed E-state index contributed by atoms with van der Waals surface area (Å²) in [6.45, 7) is 10.6.